The molecular weight excluding hydrogens is 739 g/mol. The van der Waals surface area contributed by atoms with Crippen LogP contribution < -0.4 is 54.6 Å². The number of esters is 2. The van der Waals surface area contributed by atoms with Gasteiger partial charge in [0.25, 0.3) is 0 Å². The largest absolute Gasteiger partial charge is 1.00 e. The van der Waals surface area contributed by atoms with Gasteiger partial charge in [0.05, 0.1) is 20.0 Å². The number of hydrogen-bond donors (Lipinski definition) is 4. The van der Waals surface area contributed by atoms with Gasteiger partial charge in [0.15, 0.2) is 0 Å². The second kappa shape index (κ2) is 21.5. The predicted octanol–water partition coefficient (Wildman–Crippen LogP) is -1.51. The maximum Gasteiger partial charge on any atom is 0.325 e. The lowest BCUT2D eigenvalue weighted by Crippen LogP contribution is -3.00. The van der Waals surface area contributed by atoms with Gasteiger partial charge < -0.3 is 48.1 Å². The van der Waals surface area contributed by atoms with Crippen molar-refractivity contribution in [2.75, 3.05) is 38.6 Å². The Labute approximate surface area is 299 Å². The van der Waals surface area contributed by atoms with Crippen molar-refractivity contribution in [1.82, 2.24) is 16.0 Å². The summed E-state index contributed by atoms with van der Waals surface area (Å²) in [5, 5.41) is 11.7. The Bertz CT molecular complexity index is 1380. The van der Waals surface area contributed by atoms with E-state index in [1.165, 1.54) is 35.8 Å². The quantitative estimate of drug-likeness (QED) is 0.0517. The molecule has 3 aromatic carbocycles. The first kappa shape index (κ1) is 40.8. The molecular formula is C33H40BrN4O7PS2. The highest BCUT2D eigenvalue weighted by Gasteiger charge is 2.45. The molecule has 15 heteroatoms. The normalized spacial score (nSPS) is 12.0. The van der Waals surface area contributed by atoms with Crippen molar-refractivity contribution in [3.05, 3.63) is 91.0 Å². The second-order valence-electron chi connectivity index (χ2n) is 10.2. The standard InChI is InChI=1S/C33H39N4O7PS2.BrH/c1-43-31(40)20-35-32(41)28(37-29(38)19-18-27(34)33(42)44-2)21-46-47-22-30(39)36-23-45(24-12-6-3-7-13-24,25-14-8-4-9-15-25)26-16-10-5-11-17-26;/h3-17,27-28H,18-23,34H2,1-2H3,(H2-,35,36,37,38,39,41);1H. The summed E-state index contributed by atoms with van der Waals surface area (Å²) in [6, 6.07) is 28.6. The Balaban J connectivity index is 0.00000800. The number of ether oxygens (including phenoxy) is 2. The number of amides is 3. The van der Waals surface area contributed by atoms with Crippen molar-refractivity contribution >= 4 is 74.4 Å². The Morgan fingerprint density at radius 2 is 1.27 bits per heavy atom. The third kappa shape index (κ3) is 12.2. The van der Waals surface area contributed by atoms with Gasteiger partial charge in [-0.3, -0.25) is 24.0 Å². The number of rotatable bonds is 18. The van der Waals surface area contributed by atoms with Crippen LogP contribution >= 0.6 is 28.9 Å². The number of nitrogens with two attached hydrogens (primary N) is 1. The molecule has 0 fully saturated rings. The van der Waals surface area contributed by atoms with Gasteiger partial charge in [-0.1, -0.05) is 76.2 Å². The topological polar surface area (TPSA) is 166 Å². The molecule has 0 aromatic heterocycles. The monoisotopic (exact) mass is 778 g/mol. The highest BCUT2D eigenvalue weighted by atomic mass is 79.9. The van der Waals surface area contributed by atoms with E-state index in [9.17, 15) is 24.0 Å². The molecule has 0 saturated heterocycles. The number of hydrogen-bond acceptors (Lipinski definition) is 10. The van der Waals surface area contributed by atoms with E-state index in [4.69, 9.17) is 5.73 Å². The summed E-state index contributed by atoms with van der Waals surface area (Å²) in [5.74, 6) is -2.37. The van der Waals surface area contributed by atoms with Crippen molar-refractivity contribution in [1.29, 1.82) is 0 Å². The summed E-state index contributed by atoms with van der Waals surface area (Å²) < 4.78 is 9.14. The molecule has 0 aliphatic rings. The fourth-order valence-corrected chi connectivity index (χ4v) is 10.5. The van der Waals surface area contributed by atoms with E-state index in [1.807, 2.05) is 54.6 Å². The van der Waals surface area contributed by atoms with E-state index < -0.39 is 43.1 Å². The molecule has 11 nitrogen and oxygen atoms in total. The zero-order valence-electron chi connectivity index (χ0n) is 26.6. The molecule has 0 heterocycles. The van der Waals surface area contributed by atoms with Gasteiger partial charge in [-0.05, 0) is 42.8 Å². The number of carbonyl (C=O) groups is 5. The minimum absolute atomic E-state index is 0. The molecule has 3 rings (SSSR count). The van der Waals surface area contributed by atoms with Crippen LogP contribution in [0.5, 0.6) is 0 Å². The number of benzene rings is 3. The molecule has 0 aliphatic carbocycles. The molecule has 2 atom stereocenters. The lowest BCUT2D eigenvalue weighted by molar-refractivity contribution is -0.142. The van der Waals surface area contributed by atoms with Gasteiger partial charge in [0.1, 0.15) is 48.1 Å². The van der Waals surface area contributed by atoms with E-state index in [2.05, 4.69) is 61.8 Å². The first-order valence-electron chi connectivity index (χ1n) is 14.7. The molecule has 3 amide bonds. The SMILES string of the molecule is COC(=O)CNC(=O)C(CSSCC(=O)NC[P+](c1ccccc1)(c1ccccc1)c1ccccc1)NC(=O)CCC(N)C(=O)OC.[Br-]. The van der Waals surface area contributed by atoms with E-state index in [-0.39, 0.29) is 53.8 Å². The van der Waals surface area contributed by atoms with Crippen molar-refractivity contribution in [2.45, 2.75) is 24.9 Å². The van der Waals surface area contributed by atoms with E-state index in [0.717, 1.165) is 15.9 Å². The molecule has 258 valence electrons. The molecule has 48 heavy (non-hydrogen) atoms. The summed E-state index contributed by atoms with van der Waals surface area (Å²) in [5.41, 5.74) is 5.71. The van der Waals surface area contributed by atoms with Gasteiger partial charge in [0.2, 0.25) is 17.7 Å². The maximum absolute atomic E-state index is 13.2. The molecule has 0 spiro atoms. The summed E-state index contributed by atoms with van der Waals surface area (Å²) in [6.07, 6.45) is 0.319. The average molecular weight is 780 g/mol. The average Bonchev–Trinajstić information content (AvgIpc) is 3.11. The molecule has 0 saturated carbocycles. The van der Waals surface area contributed by atoms with Crippen LogP contribution in [0.3, 0.4) is 0 Å². The van der Waals surface area contributed by atoms with Crippen molar-refractivity contribution in [3.8, 4) is 0 Å². The van der Waals surface area contributed by atoms with Crippen LogP contribution in [-0.4, -0.2) is 80.3 Å². The molecule has 5 N–H and O–H groups in total. The number of methoxy groups -OCH3 is 2. The van der Waals surface area contributed by atoms with Crippen LogP contribution in [0.2, 0.25) is 0 Å². The maximum atomic E-state index is 13.2. The van der Waals surface area contributed by atoms with Crippen LogP contribution in [0, 0.1) is 0 Å². The molecule has 0 bridgehead atoms. The first-order chi connectivity index (χ1) is 22.7. The summed E-state index contributed by atoms with van der Waals surface area (Å²) in [7, 11) is 2.61. The predicted molar refractivity (Wildman–Crippen MR) is 189 cm³/mol. The van der Waals surface area contributed by atoms with Crippen LogP contribution in [0.25, 0.3) is 0 Å². The van der Waals surface area contributed by atoms with Gasteiger partial charge in [-0.15, -0.1) is 0 Å². The van der Waals surface area contributed by atoms with Crippen molar-refractivity contribution in [2.24, 2.45) is 5.73 Å². The van der Waals surface area contributed by atoms with Gasteiger partial charge >= 0.3 is 11.9 Å². The summed E-state index contributed by atoms with van der Waals surface area (Å²) in [4.78, 5) is 61.7. The van der Waals surface area contributed by atoms with Crippen LogP contribution in [0.4, 0.5) is 0 Å². The Morgan fingerprint density at radius 3 is 1.75 bits per heavy atom. The van der Waals surface area contributed by atoms with Gasteiger partial charge in [-0.25, -0.2) is 0 Å². The lowest BCUT2D eigenvalue weighted by atomic mass is 10.1. The summed E-state index contributed by atoms with van der Waals surface area (Å²) in [6.45, 7) is -0.371. The number of halogens is 1. The molecule has 2 unspecified atom stereocenters. The smallest absolute Gasteiger partial charge is 0.325 e. The molecule has 0 aliphatic heterocycles. The summed E-state index contributed by atoms with van der Waals surface area (Å²) >= 11 is 0. The minimum atomic E-state index is -2.26. The Kier molecular flexibility index (Phi) is 18.3. The minimum Gasteiger partial charge on any atom is -1.00 e. The van der Waals surface area contributed by atoms with Gasteiger partial charge in [-0.2, -0.15) is 0 Å². The van der Waals surface area contributed by atoms with E-state index in [0.29, 0.717) is 6.29 Å². The second-order valence-corrected chi connectivity index (χ2v) is 16.2. The lowest BCUT2D eigenvalue weighted by Gasteiger charge is -2.27. The van der Waals surface area contributed by atoms with Crippen molar-refractivity contribution in [3.63, 3.8) is 0 Å². The van der Waals surface area contributed by atoms with Crippen LogP contribution in [0.1, 0.15) is 12.8 Å². The highest BCUT2D eigenvalue weighted by molar-refractivity contribution is 8.76. The van der Waals surface area contributed by atoms with E-state index in [1.54, 1.807) is 0 Å². The first-order valence-corrected chi connectivity index (χ1v) is 19.2. The fourth-order valence-electron chi connectivity index (χ4n) is 4.60. The van der Waals surface area contributed by atoms with Gasteiger partial charge in [0, 0.05) is 12.2 Å². The third-order valence-corrected chi connectivity index (χ3v) is 13.5. The highest BCUT2D eigenvalue weighted by Crippen LogP contribution is 2.54. The van der Waals surface area contributed by atoms with E-state index >= 15 is 0 Å². The molecule has 0 radical (unpaired) electrons. The van der Waals surface area contributed by atoms with Crippen LogP contribution in [0.15, 0.2) is 91.0 Å². The molecule has 3 aromatic rings. The fraction of sp³-hybridized carbons (Fsp3) is 0.303. The van der Waals surface area contributed by atoms with Crippen LogP contribution in [-0.2, 0) is 33.4 Å². The van der Waals surface area contributed by atoms with Crippen molar-refractivity contribution < 1.29 is 50.4 Å². The third-order valence-electron chi connectivity index (χ3n) is 7.09. The number of carbonyl (C=O) groups excluding carboxylic acids is 5. The zero-order valence-corrected chi connectivity index (χ0v) is 30.7. The Morgan fingerprint density at radius 1 is 0.750 bits per heavy atom. The zero-order chi connectivity index (χ0) is 34.1. The Hall–Kier alpha value is -3.42. The number of nitrogens with one attached hydrogen (secondary N) is 3.